The number of aromatic nitrogens is 4. The molecule has 0 bridgehead atoms. The molecule has 0 aliphatic rings. The number of rotatable bonds is 2. The van der Waals surface area contributed by atoms with Gasteiger partial charge in [-0.1, -0.05) is 28.9 Å². The van der Waals surface area contributed by atoms with Crippen LogP contribution in [0.25, 0.3) is 32.4 Å². The van der Waals surface area contributed by atoms with Gasteiger partial charge >= 0.3 is 0 Å². The van der Waals surface area contributed by atoms with Crippen LogP contribution in [0.3, 0.4) is 0 Å². The van der Waals surface area contributed by atoms with Crippen LogP contribution < -0.4 is 5.56 Å². The lowest BCUT2D eigenvalue weighted by Gasteiger charge is -1.94. The molecule has 0 unspecified atom stereocenters. The second-order valence-corrected chi connectivity index (χ2v) is 6.34. The lowest BCUT2D eigenvalue weighted by atomic mass is 10.2. The van der Waals surface area contributed by atoms with E-state index in [4.69, 9.17) is 16.1 Å². The summed E-state index contributed by atoms with van der Waals surface area (Å²) in [4.78, 5) is 24.5. The molecule has 0 aliphatic carbocycles. The highest BCUT2D eigenvalue weighted by atomic mass is 35.5. The van der Waals surface area contributed by atoms with Gasteiger partial charge in [0.2, 0.25) is 5.82 Å². The van der Waals surface area contributed by atoms with Crippen molar-refractivity contribution < 1.29 is 4.52 Å². The molecule has 0 aliphatic heterocycles. The first kappa shape index (κ1) is 14.1. The number of hydrogen-bond acceptors (Lipinski definition) is 6. The van der Waals surface area contributed by atoms with E-state index in [2.05, 4.69) is 20.1 Å². The lowest BCUT2D eigenvalue weighted by molar-refractivity contribution is 0.433. The summed E-state index contributed by atoms with van der Waals surface area (Å²) in [7, 11) is 0. The van der Waals surface area contributed by atoms with Crippen molar-refractivity contribution in [1.29, 1.82) is 0 Å². The fourth-order valence-electron chi connectivity index (χ4n) is 2.34. The number of benzene rings is 1. The summed E-state index contributed by atoms with van der Waals surface area (Å²) in [6.45, 7) is 1.84. The summed E-state index contributed by atoms with van der Waals surface area (Å²) in [6, 6.07) is 7.22. The molecule has 4 rings (SSSR count). The van der Waals surface area contributed by atoms with Crippen LogP contribution in [0.1, 0.15) is 5.56 Å². The predicted molar refractivity (Wildman–Crippen MR) is 88.7 cm³/mol. The Bertz CT molecular complexity index is 1080. The number of fused-ring (bicyclic) bond motifs is 1. The van der Waals surface area contributed by atoms with Gasteiger partial charge in [0.15, 0.2) is 0 Å². The average molecular weight is 345 g/mol. The first-order valence-corrected chi connectivity index (χ1v) is 7.90. The Hall–Kier alpha value is -2.51. The fourth-order valence-corrected chi connectivity index (χ4v) is 3.61. The van der Waals surface area contributed by atoms with Crippen LogP contribution in [0.15, 0.2) is 39.9 Å². The van der Waals surface area contributed by atoms with E-state index in [0.29, 0.717) is 27.0 Å². The quantitative estimate of drug-likeness (QED) is 0.599. The molecule has 3 aromatic heterocycles. The third kappa shape index (κ3) is 2.34. The molecule has 1 aromatic carbocycles. The number of aromatic amines is 1. The van der Waals surface area contributed by atoms with E-state index < -0.39 is 0 Å². The summed E-state index contributed by atoms with van der Waals surface area (Å²) < 4.78 is 5.36. The number of nitrogens with one attached hydrogen (secondary N) is 1. The van der Waals surface area contributed by atoms with Gasteiger partial charge in [-0.2, -0.15) is 4.98 Å². The predicted octanol–water partition coefficient (Wildman–Crippen LogP) is 3.66. The highest BCUT2D eigenvalue weighted by Gasteiger charge is 2.19. The van der Waals surface area contributed by atoms with Crippen LogP contribution >= 0.6 is 22.9 Å². The van der Waals surface area contributed by atoms with Crippen molar-refractivity contribution in [1.82, 2.24) is 20.1 Å². The van der Waals surface area contributed by atoms with E-state index in [1.807, 2.05) is 19.1 Å². The SMILES string of the molecule is Cc1c(-c2nc(-c3cccc(Cl)c3)no2)sc2nc[nH]c(=O)c12. The molecule has 3 heterocycles. The molecule has 0 saturated carbocycles. The molecular formula is C15H9ClN4O2S. The van der Waals surface area contributed by atoms with Gasteiger partial charge in [0.25, 0.3) is 11.4 Å². The van der Waals surface area contributed by atoms with Gasteiger partial charge in [-0.25, -0.2) is 4.98 Å². The van der Waals surface area contributed by atoms with Crippen LogP contribution in [-0.4, -0.2) is 20.1 Å². The van der Waals surface area contributed by atoms with Crippen LogP contribution in [0, 0.1) is 6.92 Å². The van der Waals surface area contributed by atoms with Crippen molar-refractivity contribution in [2.24, 2.45) is 0 Å². The van der Waals surface area contributed by atoms with Crippen molar-refractivity contribution in [3.05, 3.63) is 51.5 Å². The molecule has 0 radical (unpaired) electrons. The molecule has 1 N–H and O–H groups in total. The van der Waals surface area contributed by atoms with Crippen LogP contribution in [0.4, 0.5) is 0 Å². The Morgan fingerprint density at radius 1 is 1.35 bits per heavy atom. The number of thiophene rings is 1. The van der Waals surface area contributed by atoms with E-state index in [0.717, 1.165) is 16.0 Å². The minimum absolute atomic E-state index is 0.176. The molecule has 0 spiro atoms. The van der Waals surface area contributed by atoms with Gasteiger partial charge in [0.1, 0.15) is 4.83 Å². The summed E-state index contributed by atoms with van der Waals surface area (Å²) in [5.74, 6) is 0.807. The third-order valence-electron chi connectivity index (χ3n) is 3.44. The number of aryl methyl sites for hydroxylation is 1. The average Bonchev–Trinajstić information content (AvgIpc) is 3.13. The number of nitrogens with zero attached hydrogens (tertiary/aromatic N) is 3. The second-order valence-electron chi connectivity index (χ2n) is 4.90. The standard InChI is InChI=1S/C15H9ClN4O2S/c1-7-10-13(21)17-6-18-15(10)23-11(7)14-19-12(20-22-14)8-3-2-4-9(16)5-8/h2-6H,1H3,(H,17,18,21). The Morgan fingerprint density at radius 3 is 3.00 bits per heavy atom. The Kier molecular flexibility index (Phi) is 3.24. The van der Waals surface area contributed by atoms with E-state index in [1.165, 1.54) is 17.7 Å². The highest BCUT2D eigenvalue weighted by Crippen LogP contribution is 2.35. The molecular weight excluding hydrogens is 336 g/mol. The van der Waals surface area contributed by atoms with Gasteiger partial charge in [0, 0.05) is 10.6 Å². The molecule has 6 nitrogen and oxygen atoms in total. The van der Waals surface area contributed by atoms with E-state index in [-0.39, 0.29) is 5.56 Å². The maximum absolute atomic E-state index is 11.9. The van der Waals surface area contributed by atoms with Crippen LogP contribution in [-0.2, 0) is 0 Å². The van der Waals surface area contributed by atoms with E-state index in [9.17, 15) is 4.79 Å². The van der Waals surface area contributed by atoms with Crippen molar-refractivity contribution in [2.75, 3.05) is 0 Å². The highest BCUT2D eigenvalue weighted by molar-refractivity contribution is 7.22. The zero-order valence-corrected chi connectivity index (χ0v) is 13.4. The maximum Gasteiger partial charge on any atom is 0.268 e. The molecule has 0 amide bonds. The van der Waals surface area contributed by atoms with Crippen LogP contribution in [0.2, 0.25) is 5.02 Å². The molecule has 23 heavy (non-hydrogen) atoms. The summed E-state index contributed by atoms with van der Waals surface area (Å²) >= 11 is 7.33. The van der Waals surface area contributed by atoms with E-state index >= 15 is 0 Å². The molecule has 0 fully saturated rings. The monoisotopic (exact) mass is 344 g/mol. The van der Waals surface area contributed by atoms with Gasteiger partial charge in [-0.15, -0.1) is 11.3 Å². The zero-order chi connectivity index (χ0) is 16.0. The Morgan fingerprint density at radius 2 is 2.22 bits per heavy atom. The molecule has 0 atom stereocenters. The number of hydrogen-bond donors (Lipinski definition) is 1. The zero-order valence-electron chi connectivity index (χ0n) is 11.8. The Labute approximate surface area is 138 Å². The minimum Gasteiger partial charge on any atom is -0.333 e. The summed E-state index contributed by atoms with van der Waals surface area (Å²) in [6.07, 6.45) is 1.38. The van der Waals surface area contributed by atoms with Crippen molar-refractivity contribution >= 4 is 33.2 Å². The molecule has 8 heteroatoms. The number of H-pyrrole nitrogens is 1. The Balaban J connectivity index is 1.85. The smallest absolute Gasteiger partial charge is 0.268 e. The third-order valence-corrected chi connectivity index (χ3v) is 4.86. The van der Waals surface area contributed by atoms with Gasteiger partial charge in [-0.3, -0.25) is 4.79 Å². The lowest BCUT2D eigenvalue weighted by Crippen LogP contribution is -2.05. The van der Waals surface area contributed by atoms with Crippen LogP contribution in [0.5, 0.6) is 0 Å². The van der Waals surface area contributed by atoms with Gasteiger partial charge in [0.05, 0.1) is 16.6 Å². The minimum atomic E-state index is -0.176. The van der Waals surface area contributed by atoms with Crippen molar-refractivity contribution in [3.8, 4) is 22.2 Å². The first-order chi connectivity index (χ1) is 11.1. The molecule has 0 saturated heterocycles. The largest absolute Gasteiger partial charge is 0.333 e. The summed E-state index contributed by atoms with van der Waals surface area (Å²) in [5, 5.41) is 5.14. The van der Waals surface area contributed by atoms with Gasteiger partial charge in [-0.05, 0) is 24.6 Å². The first-order valence-electron chi connectivity index (χ1n) is 6.70. The molecule has 4 aromatic rings. The summed E-state index contributed by atoms with van der Waals surface area (Å²) in [5.41, 5.74) is 1.37. The molecule has 114 valence electrons. The second kappa shape index (κ2) is 5.29. The fraction of sp³-hybridized carbons (Fsp3) is 0.0667. The van der Waals surface area contributed by atoms with Gasteiger partial charge < -0.3 is 9.51 Å². The maximum atomic E-state index is 11.9. The van der Waals surface area contributed by atoms with Crippen molar-refractivity contribution in [2.45, 2.75) is 6.92 Å². The van der Waals surface area contributed by atoms with E-state index in [1.54, 1.807) is 12.1 Å². The topological polar surface area (TPSA) is 84.7 Å². The van der Waals surface area contributed by atoms with Crippen molar-refractivity contribution in [3.63, 3.8) is 0 Å². The number of halogens is 1. The normalized spacial score (nSPS) is 11.2.